The van der Waals surface area contributed by atoms with Crippen LogP contribution in [0, 0.1) is 0 Å². The molecule has 0 saturated heterocycles. The first-order valence-corrected chi connectivity index (χ1v) is 7.50. The predicted molar refractivity (Wildman–Crippen MR) is 79.3 cm³/mol. The quantitative estimate of drug-likeness (QED) is 0.596. The third kappa shape index (κ3) is 1.47. The Morgan fingerprint density at radius 2 is 1.61 bits per heavy atom. The van der Waals surface area contributed by atoms with Crippen LogP contribution in [0.2, 0.25) is 0 Å². The molecule has 0 heterocycles. The van der Waals surface area contributed by atoms with Crippen LogP contribution in [0.1, 0.15) is 17.9 Å². The molecule has 2 aliphatic rings. The van der Waals surface area contributed by atoms with Crippen molar-refractivity contribution in [2.24, 2.45) is 0 Å². The highest BCUT2D eigenvalue weighted by Gasteiger charge is 2.69. The minimum absolute atomic E-state index is 0.0182. The smallest absolute Gasteiger partial charge is 0.106 e. The summed E-state index contributed by atoms with van der Waals surface area (Å²) >= 11 is 32.1. The van der Waals surface area contributed by atoms with Gasteiger partial charge < -0.3 is 0 Å². The van der Waals surface area contributed by atoms with Gasteiger partial charge in [0.25, 0.3) is 0 Å². The van der Waals surface area contributed by atoms with E-state index in [9.17, 15) is 0 Å². The van der Waals surface area contributed by atoms with E-state index in [2.05, 4.69) is 0 Å². The van der Waals surface area contributed by atoms with Gasteiger partial charge in [0.15, 0.2) is 0 Å². The highest BCUT2D eigenvalue weighted by atomic mass is 35.5. The Bertz CT molecular complexity index is 525. The van der Waals surface area contributed by atoms with Gasteiger partial charge in [-0.15, -0.1) is 34.8 Å². The summed E-state index contributed by atoms with van der Waals surface area (Å²) in [6.07, 6.45) is 0.602. The minimum Gasteiger partial charge on any atom is -0.118 e. The average molecular weight is 342 g/mol. The van der Waals surface area contributed by atoms with Crippen LogP contribution in [-0.2, 0) is 0 Å². The van der Waals surface area contributed by atoms with Gasteiger partial charge in [-0.1, -0.05) is 53.5 Å². The topological polar surface area (TPSA) is 0 Å². The fourth-order valence-electron chi connectivity index (χ4n) is 2.92. The van der Waals surface area contributed by atoms with Crippen LogP contribution in [0.4, 0.5) is 0 Å². The van der Waals surface area contributed by atoms with Crippen molar-refractivity contribution in [1.29, 1.82) is 0 Å². The van der Waals surface area contributed by atoms with E-state index in [1.54, 1.807) is 0 Å². The Kier molecular flexibility index (Phi) is 3.13. The number of halogens is 5. The lowest BCUT2D eigenvalue weighted by atomic mass is 9.86. The summed E-state index contributed by atoms with van der Waals surface area (Å²) in [4.78, 5) is -1.74. The molecule has 2 aliphatic carbocycles. The first-order chi connectivity index (χ1) is 8.42. The number of hydrogen-bond donors (Lipinski definition) is 0. The second kappa shape index (κ2) is 4.20. The van der Waals surface area contributed by atoms with Gasteiger partial charge in [-0.25, -0.2) is 0 Å². The van der Waals surface area contributed by atoms with E-state index in [1.807, 2.05) is 30.3 Å². The van der Waals surface area contributed by atoms with E-state index in [0.29, 0.717) is 16.5 Å². The standard InChI is InChI=1S/C13H9Cl5/c14-9-10(15)13(18)8(6-12(9,17)11(13)16)7-4-2-1-3-5-7/h1-5,8,11H,6H2/t8-,11+,12-,13+/m1/s1. The second-order valence-electron chi connectivity index (χ2n) is 4.79. The third-order valence-electron chi connectivity index (χ3n) is 3.87. The molecule has 96 valence electrons. The van der Waals surface area contributed by atoms with Gasteiger partial charge in [0.05, 0.1) is 15.4 Å². The molecular formula is C13H9Cl5. The lowest BCUT2D eigenvalue weighted by Gasteiger charge is -2.30. The fraction of sp³-hybridized carbons (Fsp3) is 0.385. The van der Waals surface area contributed by atoms with E-state index >= 15 is 0 Å². The van der Waals surface area contributed by atoms with E-state index in [0.717, 1.165) is 5.56 Å². The Morgan fingerprint density at radius 3 is 2.11 bits per heavy atom. The predicted octanol–water partition coefficient (Wildman–Crippen LogP) is 5.44. The molecule has 2 bridgehead atoms. The summed E-state index contributed by atoms with van der Waals surface area (Å²) in [6.45, 7) is 0. The lowest BCUT2D eigenvalue weighted by Crippen LogP contribution is -2.33. The fourth-order valence-corrected chi connectivity index (χ4v) is 5.30. The number of rotatable bonds is 1. The summed E-state index contributed by atoms with van der Waals surface area (Å²) < 4.78 is 0. The molecule has 0 N–H and O–H groups in total. The Hall–Kier alpha value is 0.410. The van der Waals surface area contributed by atoms with Crippen LogP contribution in [0.5, 0.6) is 0 Å². The monoisotopic (exact) mass is 340 g/mol. The Labute approximate surface area is 131 Å². The number of fused-ring (bicyclic) bond motifs is 2. The van der Waals surface area contributed by atoms with E-state index in [4.69, 9.17) is 58.0 Å². The molecule has 0 nitrogen and oxygen atoms in total. The second-order valence-corrected chi connectivity index (χ2v) is 7.28. The van der Waals surface area contributed by atoms with Gasteiger partial charge in [0.2, 0.25) is 0 Å². The van der Waals surface area contributed by atoms with Crippen molar-refractivity contribution >= 4 is 58.0 Å². The van der Waals surface area contributed by atoms with E-state index in [-0.39, 0.29) is 5.92 Å². The summed E-state index contributed by atoms with van der Waals surface area (Å²) in [5.41, 5.74) is 1.09. The first-order valence-electron chi connectivity index (χ1n) is 5.55. The summed E-state index contributed by atoms with van der Waals surface area (Å²) in [6, 6.07) is 9.90. The molecule has 0 radical (unpaired) electrons. The van der Waals surface area contributed by atoms with Crippen LogP contribution in [0.3, 0.4) is 0 Å². The van der Waals surface area contributed by atoms with Crippen LogP contribution >= 0.6 is 58.0 Å². The van der Waals surface area contributed by atoms with Gasteiger partial charge in [0.1, 0.15) is 9.75 Å². The highest BCUT2D eigenvalue weighted by Crippen LogP contribution is 2.69. The Balaban J connectivity index is 2.14. The van der Waals surface area contributed by atoms with Crippen molar-refractivity contribution in [3.05, 3.63) is 46.0 Å². The number of allylic oxidation sites excluding steroid dienone is 2. The molecule has 0 amide bonds. The third-order valence-corrected chi connectivity index (χ3v) is 7.37. The van der Waals surface area contributed by atoms with Crippen LogP contribution in [0.25, 0.3) is 0 Å². The van der Waals surface area contributed by atoms with Gasteiger partial charge in [-0.05, 0) is 12.0 Å². The summed E-state index contributed by atoms with van der Waals surface area (Å²) in [5, 5.41) is 0.285. The molecule has 1 aromatic rings. The van der Waals surface area contributed by atoms with Crippen molar-refractivity contribution in [2.45, 2.75) is 27.5 Å². The van der Waals surface area contributed by atoms with Crippen molar-refractivity contribution in [3.63, 3.8) is 0 Å². The maximum absolute atomic E-state index is 6.69. The van der Waals surface area contributed by atoms with Crippen molar-refractivity contribution < 1.29 is 0 Å². The molecule has 1 fully saturated rings. The average Bonchev–Trinajstić information content (AvgIpc) is 2.67. The van der Waals surface area contributed by atoms with Crippen molar-refractivity contribution in [1.82, 2.24) is 0 Å². The lowest BCUT2D eigenvalue weighted by molar-refractivity contribution is 0.608. The molecule has 0 aromatic heterocycles. The van der Waals surface area contributed by atoms with Crippen LogP contribution in [-0.4, -0.2) is 15.1 Å². The first kappa shape index (κ1) is 13.4. The molecule has 4 atom stereocenters. The minimum atomic E-state index is -0.900. The van der Waals surface area contributed by atoms with Gasteiger partial charge in [-0.2, -0.15) is 0 Å². The van der Waals surface area contributed by atoms with Crippen molar-refractivity contribution in [3.8, 4) is 0 Å². The molecular weight excluding hydrogens is 333 g/mol. The molecule has 0 aliphatic heterocycles. The van der Waals surface area contributed by atoms with Gasteiger partial charge >= 0.3 is 0 Å². The number of alkyl halides is 3. The maximum Gasteiger partial charge on any atom is 0.106 e. The molecule has 0 spiro atoms. The number of benzene rings is 1. The zero-order valence-electron chi connectivity index (χ0n) is 9.14. The van der Waals surface area contributed by atoms with Gasteiger partial charge in [-0.3, -0.25) is 0 Å². The van der Waals surface area contributed by atoms with E-state index in [1.165, 1.54) is 0 Å². The normalized spacial score (nSPS) is 42.7. The SMILES string of the molecule is ClC1=C(Cl)[C@]2(Cl)C[C@H](c3ccccc3)[C@@]1(Cl)[C@H]2Cl. The zero-order valence-corrected chi connectivity index (χ0v) is 12.9. The Morgan fingerprint density at radius 1 is 1.00 bits per heavy atom. The molecule has 1 aromatic carbocycles. The van der Waals surface area contributed by atoms with Crippen LogP contribution < -0.4 is 0 Å². The molecule has 18 heavy (non-hydrogen) atoms. The van der Waals surface area contributed by atoms with E-state index < -0.39 is 15.1 Å². The number of hydrogen-bond acceptors (Lipinski definition) is 0. The summed E-state index contributed by atoms with van der Waals surface area (Å²) in [5.74, 6) is -0.0182. The molecule has 1 saturated carbocycles. The molecule has 5 heteroatoms. The molecule has 0 unspecified atom stereocenters. The van der Waals surface area contributed by atoms with Gasteiger partial charge in [0, 0.05) is 5.92 Å². The largest absolute Gasteiger partial charge is 0.118 e. The zero-order chi connectivity index (χ0) is 13.1. The summed E-state index contributed by atoms with van der Waals surface area (Å²) in [7, 11) is 0. The molecule has 3 rings (SSSR count). The maximum atomic E-state index is 6.69. The van der Waals surface area contributed by atoms with Crippen LogP contribution in [0.15, 0.2) is 40.4 Å². The van der Waals surface area contributed by atoms with Crippen molar-refractivity contribution in [2.75, 3.05) is 0 Å². The highest BCUT2D eigenvalue weighted by molar-refractivity contribution is 6.55.